The molecule has 2 amide bonds. The summed E-state index contributed by atoms with van der Waals surface area (Å²) in [7, 11) is 0. The van der Waals surface area contributed by atoms with E-state index < -0.39 is 5.97 Å². The second-order valence-electron chi connectivity index (χ2n) is 5.88. The van der Waals surface area contributed by atoms with Crippen LogP contribution in [-0.4, -0.2) is 60.6 Å². The highest BCUT2D eigenvalue weighted by molar-refractivity contribution is 5.93. The molecule has 25 heavy (non-hydrogen) atoms. The molecule has 2 heterocycles. The molecular weight excluding hydrogens is 328 g/mol. The van der Waals surface area contributed by atoms with Crippen molar-refractivity contribution in [3.05, 3.63) is 23.7 Å². The van der Waals surface area contributed by atoms with Gasteiger partial charge in [0.15, 0.2) is 5.76 Å². The number of likely N-dealkylation sites (tertiary alicyclic amines) is 1. The quantitative estimate of drug-likeness (QED) is 0.684. The average molecular weight is 352 g/mol. The van der Waals surface area contributed by atoms with E-state index in [0.29, 0.717) is 45.7 Å². The number of carboxylic acid groups (broad SMARTS) is 1. The van der Waals surface area contributed by atoms with Crippen LogP contribution in [0.3, 0.4) is 0 Å². The van der Waals surface area contributed by atoms with Crippen LogP contribution >= 0.6 is 0 Å². The van der Waals surface area contributed by atoms with E-state index in [1.807, 2.05) is 6.92 Å². The van der Waals surface area contributed by atoms with Crippen LogP contribution in [0, 0.1) is 5.92 Å². The number of nitrogens with zero attached hydrogens (tertiary/aromatic N) is 1. The minimum absolute atomic E-state index is 0.00904. The third-order valence-corrected chi connectivity index (χ3v) is 4.15. The van der Waals surface area contributed by atoms with Crippen molar-refractivity contribution in [3.63, 3.8) is 0 Å². The van der Waals surface area contributed by atoms with E-state index in [1.54, 1.807) is 4.90 Å². The zero-order chi connectivity index (χ0) is 18.2. The molecule has 0 bridgehead atoms. The molecule has 0 atom stereocenters. The molecule has 0 saturated carbocycles. The van der Waals surface area contributed by atoms with Gasteiger partial charge in [0.2, 0.25) is 11.7 Å². The Morgan fingerprint density at radius 3 is 2.56 bits per heavy atom. The first-order valence-corrected chi connectivity index (χ1v) is 8.50. The summed E-state index contributed by atoms with van der Waals surface area (Å²) in [5.41, 5.74) is 0. The van der Waals surface area contributed by atoms with Crippen LogP contribution in [0.2, 0.25) is 0 Å². The van der Waals surface area contributed by atoms with Crippen LogP contribution in [0.25, 0.3) is 0 Å². The molecule has 1 saturated heterocycles. The van der Waals surface area contributed by atoms with Crippen molar-refractivity contribution in [2.45, 2.75) is 26.2 Å². The summed E-state index contributed by atoms with van der Waals surface area (Å²) in [5, 5.41) is 11.7. The van der Waals surface area contributed by atoms with Gasteiger partial charge in [-0.2, -0.15) is 0 Å². The SMILES string of the molecule is CCOCCCNC(=O)C1CCN(C(=O)c2ccc(C(=O)O)o2)CC1. The highest BCUT2D eigenvalue weighted by Gasteiger charge is 2.29. The fourth-order valence-corrected chi connectivity index (χ4v) is 2.74. The van der Waals surface area contributed by atoms with Gasteiger partial charge < -0.3 is 24.5 Å². The molecule has 0 spiro atoms. The fraction of sp³-hybridized carbons (Fsp3) is 0.588. The van der Waals surface area contributed by atoms with Crippen molar-refractivity contribution in [1.29, 1.82) is 0 Å². The number of carbonyl (C=O) groups is 3. The smallest absolute Gasteiger partial charge is 0.371 e. The van der Waals surface area contributed by atoms with Gasteiger partial charge >= 0.3 is 5.97 Å². The first-order chi connectivity index (χ1) is 12.0. The number of carboxylic acids is 1. The van der Waals surface area contributed by atoms with Crippen molar-refractivity contribution in [1.82, 2.24) is 10.2 Å². The van der Waals surface area contributed by atoms with E-state index in [0.717, 1.165) is 6.42 Å². The Morgan fingerprint density at radius 2 is 1.96 bits per heavy atom. The summed E-state index contributed by atoms with van der Waals surface area (Å²) < 4.78 is 10.3. The molecule has 0 aliphatic carbocycles. The number of hydrogen-bond acceptors (Lipinski definition) is 5. The Kier molecular flexibility index (Phi) is 7.00. The first-order valence-electron chi connectivity index (χ1n) is 8.50. The Hall–Kier alpha value is -2.35. The van der Waals surface area contributed by atoms with Gasteiger partial charge in [0, 0.05) is 38.8 Å². The van der Waals surface area contributed by atoms with Crippen LogP contribution in [0.4, 0.5) is 0 Å². The van der Waals surface area contributed by atoms with Crippen molar-refractivity contribution in [3.8, 4) is 0 Å². The maximum absolute atomic E-state index is 12.3. The lowest BCUT2D eigenvalue weighted by molar-refractivity contribution is -0.126. The van der Waals surface area contributed by atoms with Crippen LogP contribution in [0.1, 0.15) is 47.3 Å². The third-order valence-electron chi connectivity index (χ3n) is 4.15. The summed E-state index contributed by atoms with van der Waals surface area (Å²) in [5.74, 6) is -1.90. The summed E-state index contributed by atoms with van der Waals surface area (Å²) in [4.78, 5) is 36.8. The second-order valence-corrected chi connectivity index (χ2v) is 5.88. The largest absolute Gasteiger partial charge is 0.475 e. The van der Waals surface area contributed by atoms with Gasteiger partial charge in [-0.3, -0.25) is 9.59 Å². The molecule has 2 rings (SSSR count). The van der Waals surface area contributed by atoms with Crippen LogP contribution < -0.4 is 5.32 Å². The number of amides is 2. The first kappa shape index (κ1) is 19.0. The number of carbonyl (C=O) groups excluding carboxylic acids is 2. The lowest BCUT2D eigenvalue weighted by atomic mass is 9.95. The van der Waals surface area contributed by atoms with Crippen molar-refractivity contribution in [2.24, 2.45) is 5.92 Å². The molecule has 1 aliphatic heterocycles. The molecule has 1 aliphatic rings. The van der Waals surface area contributed by atoms with Gasteiger partial charge in [-0.15, -0.1) is 0 Å². The zero-order valence-corrected chi connectivity index (χ0v) is 14.3. The number of nitrogens with one attached hydrogen (secondary N) is 1. The topological polar surface area (TPSA) is 109 Å². The third kappa shape index (κ3) is 5.32. The fourth-order valence-electron chi connectivity index (χ4n) is 2.74. The molecule has 0 radical (unpaired) electrons. The molecule has 8 heteroatoms. The summed E-state index contributed by atoms with van der Waals surface area (Å²) >= 11 is 0. The number of rotatable bonds is 8. The van der Waals surface area contributed by atoms with Crippen molar-refractivity contribution < 1.29 is 28.6 Å². The lowest BCUT2D eigenvalue weighted by Crippen LogP contribution is -2.43. The van der Waals surface area contributed by atoms with Gasteiger partial charge in [0.1, 0.15) is 0 Å². The molecular formula is C17H24N2O6. The normalized spacial score (nSPS) is 15.2. The predicted molar refractivity (Wildman–Crippen MR) is 88.4 cm³/mol. The minimum atomic E-state index is -1.21. The van der Waals surface area contributed by atoms with Gasteiger partial charge in [-0.25, -0.2) is 4.79 Å². The standard InChI is InChI=1S/C17H24N2O6/c1-2-24-11-3-8-18-15(20)12-6-9-19(10-7-12)16(21)13-4-5-14(25-13)17(22)23/h4-5,12H,2-3,6-11H2,1H3,(H,18,20)(H,22,23). The zero-order valence-electron chi connectivity index (χ0n) is 14.3. The van der Waals surface area contributed by atoms with Gasteiger partial charge in [-0.1, -0.05) is 0 Å². The Labute approximate surface area is 146 Å². The molecule has 1 fully saturated rings. The molecule has 1 aromatic heterocycles. The second kappa shape index (κ2) is 9.22. The number of piperidine rings is 1. The predicted octanol–water partition coefficient (Wildman–Crippen LogP) is 1.37. The molecule has 2 N–H and O–H groups in total. The molecule has 8 nitrogen and oxygen atoms in total. The van der Waals surface area contributed by atoms with Gasteiger partial charge in [0.25, 0.3) is 5.91 Å². The minimum Gasteiger partial charge on any atom is -0.475 e. The Bertz CT molecular complexity index is 604. The highest BCUT2D eigenvalue weighted by Crippen LogP contribution is 2.20. The Balaban J connectivity index is 1.75. The molecule has 0 unspecified atom stereocenters. The number of furan rings is 1. The monoisotopic (exact) mass is 352 g/mol. The van der Waals surface area contributed by atoms with E-state index >= 15 is 0 Å². The number of ether oxygens (including phenoxy) is 1. The maximum Gasteiger partial charge on any atom is 0.371 e. The van der Waals surface area contributed by atoms with Gasteiger partial charge in [0.05, 0.1) is 0 Å². The summed E-state index contributed by atoms with van der Waals surface area (Å²) in [6, 6.07) is 2.63. The maximum atomic E-state index is 12.3. The van der Waals surface area contributed by atoms with E-state index in [9.17, 15) is 14.4 Å². The molecule has 1 aromatic rings. The number of aromatic carboxylic acids is 1. The Morgan fingerprint density at radius 1 is 1.28 bits per heavy atom. The van der Waals surface area contributed by atoms with Crippen LogP contribution in [0.5, 0.6) is 0 Å². The summed E-state index contributed by atoms with van der Waals surface area (Å²) in [6.07, 6.45) is 1.94. The van der Waals surface area contributed by atoms with E-state index in [1.165, 1.54) is 12.1 Å². The van der Waals surface area contributed by atoms with E-state index in [-0.39, 0.29) is 29.3 Å². The number of hydrogen-bond donors (Lipinski definition) is 2. The van der Waals surface area contributed by atoms with E-state index in [4.69, 9.17) is 14.3 Å². The van der Waals surface area contributed by atoms with Crippen molar-refractivity contribution >= 4 is 17.8 Å². The van der Waals surface area contributed by atoms with Crippen molar-refractivity contribution in [2.75, 3.05) is 32.8 Å². The highest BCUT2D eigenvalue weighted by atomic mass is 16.5. The summed E-state index contributed by atoms with van der Waals surface area (Å²) in [6.45, 7) is 4.70. The molecule has 0 aromatic carbocycles. The van der Waals surface area contributed by atoms with Crippen LogP contribution in [0.15, 0.2) is 16.5 Å². The molecule has 138 valence electrons. The van der Waals surface area contributed by atoms with Crippen LogP contribution in [-0.2, 0) is 9.53 Å². The van der Waals surface area contributed by atoms with Gasteiger partial charge in [-0.05, 0) is 38.3 Å². The van der Waals surface area contributed by atoms with E-state index in [2.05, 4.69) is 5.32 Å². The lowest BCUT2D eigenvalue weighted by Gasteiger charge is -2.30. The average Bonchev–Trinajstić information content (AvgIpc) is 3.11.